The predicted molar refractivity (Wildman–Crippen MR) is 110 cm³/mol. The first-order chi connectivity index (χ1) is 13.0. The first-order valence-electron chi connectivity index (χ1n) is 10.8. The van der Waals surface area contributed by atoms with Crippen LogP contribution in [0.1, 0.15) is 83.0 Å². The number of unbranched alkanes of at least 4 members (excludes halogenated alkanes) is 3. The van der Waals surface area contributed by atoms with E-state index in [1.807, 2.05) is 6.07 Å². The minimum absolute atomic E-state index is 0.0102. The van der Waals surface area contributed by atoms with E-state index >= 15 is 0 Å². The first kappa shape index (κ1) is 23.5. The number of hydrogen-bond acceptors (Lipinski definition) is 3. The average molecular weight is 378 g/mol. The van der Waals surface area contributed by atoms with E-state index in [-0.39, 0.29) is 11.7 Å². The van der Waals surface area contributed by atoms with Gasteiger partial charge in [0.25, 0.3) is 0 Å². The van der Waals surface area contributed by atoms with E-state index in [0.29, 0.717) is 5.75 Å². The van der Waals surface area contributed by atoms with E-state index in [2.05, 4.69) is 27.7 Å². The fraction of sp³-hybridized carbons (Fsp3) is 0.696. The highest BCUT2D eigenvalue weighted by Gasteiger charge is 2.30. The minimum atomic E-state index is -1.18. The van der Waals surface area contributed by atoms with Crippen molar-refractivity contribution in [1.82, 2.24) is 0 Å². The lowest BCUT2D eigenvalue weighted by molar-refractivity contribution is -0.931. The molecule has 0 saturated carbocycles. The van der Waals surface area contributed by atoms with E-state index in [4.69, 9.17) is 4.74 Å². The standard InChI is InChI=1S/C23H39NO3/c1-5-9-16-24(17-10-6-2,18-11-7-3)19-20(8-4)27-22-15-13-12-14-21(22)23(25)26/h12-15,20H,5-11,16-19H2,1-4H3. The fourth-order valence-corrected chi connectivity index (χ4v) is 3.69. The van der Waals surface area contributed by atoms with Gasteiger partial charge in [0.1, 0.15) is 18.4 Å². The van der Waals surface area contributed by atoms with Gasteiger partial charge in [-0.25, -0.2) is 0 Å². The van der Waals surface area contributed by atoms with E-state index < -0.39 is 5.97 Å². The van der Waals surface area contributed by atoms with Crippen LogP contribution in [0.5, 0.6) is 5.75 Å². The van der Waals surface area contributed by atoms with Gasteiger partial charge in [-0.15, -0.1) is 0 Å². The molecule has 0 bridgehead atoms. The lowest BCUT2D eigenvalue weighted by Crippen LogP contribution is -2.55. The van der Waals surface area contributed by atoms with Gasteiger partial charge in [0.2, 0.25) is 0 Å². The summed E-state index contributed by atoms with van der Waals surface area (Å²) in [5.41, 5.74) is 0.143. The number of rotatable bonds is 15. The van der Waals surface area contributed by atoms with Crippen LogP contribution in [0, 0.1) is 0 Å². The van der Waals surface area contributed by atoms with Crippen molar-refractivity contribution in [2.75, 3.05) is 26.2 Å². The molecule has 1 aromatic rings. The summed E-state index contributed by atoms with van der Waals surface area (Å²) >= 11 is 0. The first-order valence-corrected chi connectivity index (χ1v) is 10.8. The maximum absolute atomic E-state index is 11.4. The third kappa shape index (κ3) is 7.92. The highest BCUT2D eigenvalue weighted by Crippen LogP contribution is 2.23. The van der Waals surface area contributed by atoms with Gasteiger partial charge >= 0.3 is 0 Å². The van der Waals surface area contributed by atoms with Crippen LogP contribution in [0.3, 0.4) is 0 Å². The van der Waals surface area contributed by atoms with Crippen molar-refractivity contribution in [3.05, 3.63) is 29.8 Å². The maximum Gasteiger partial charge on any atom is 0.147 e. The summed E-state index contributed by atoms with van der Waals surface area (Å²) < 4.78 is 7.30. The molecular weight excluding hydrogens is 338 g/mol. The van der Waals surface area contributed by atoms with Crippen LogP contribution in [0.15, 0.2) is 24.3 Å². The summed E-state index contributed by atoms with van der Waals surface area (Å²) in [4.78, 5) is 11.4. The summed E-state index contributed by atoms with van der Waals surface area (Å²) in [7, 11) is 0. The van der Waals surface area contributed by atoms with Gasteiger partial charge in [0, 0.05) is 5.56 Å². The number of carboxylic acids is 1. The molecular formula is C23H39NO3. The van der Waals surface area contributed by atoms with Gasteiger partial charge in [-0.1, -0.05) is 59.1 Å². The Labute approximate surface area is 166 Å². The molecule has 4 heteroatoms. The van der Waals surface area contributed by atoms with Crippen molar-refractivity contribution in [3.8, 4) is 5.75 Å². The Morgan fingerprint density at radius 1 is 0.963 bits per heavy atom. The normalized spacial score (nSPS) is 12.7. The molecule has 0 aliphatic carbocycles. The van der Waals surface area contributed by atoms with Gasteiger partial charge in [0.05, 0.1) is 25.6 Å². The molecule has 154 valence electrons. The van der Waals surface area contributed by atoms with Gasteiger partial charge in [-0.2, -0.15) is 0 Å². The third-order valence-electron chi connectivity index (χ3n) is 5.40. The van der Waals surface area contributed by atoms with Crippen LogP contribution >= 0.6 is 0 Å². The summed E-state index contributed by atoms with van der Waals surface area (Å²) in [6.07, 6.45) is 8.14. The monoisotopic (exact) mass is 377 g/mol. The smallest absolute Gasteiger partial charge is 0.147 e. The Morgan fingerprint density at radius 3 is 1.93 bits per heavy atom. The molecule has 1 atom stereocenters. The second kappa shape index (κ2) is 12.8. The van der Waals surface area contributed by atoms with E-state index in [9.17, 15) is 9.90 Å². The van der Waals surface area contributed by atoms with Crippen molar-refractivity contribution >= 4 is 5.97 Å². The number of carboxylic acid groups (broad SMARTS) is 1. The summed E-state index contributed by atoms with van der Waals surface area (Å²) in [6.45, 7) is 13.3. The second-order valence-electron chi connectivity index (χ2n) is 7.69. The zero-order valence-corrected chi connectivity index (χ0v) is 17.8. The van der Waals surface area contributed by atoms with Gasteiger partial charge in [-0.3, -0.25) is 0 Å². The Balaban J connectivity index is 3.01. The molecule has 0 aliphatic heterocycles. The highest BCUT2D eigenvalue weighted by molar-refractivity contribution is 5.89. The number of carbonyl (C=O) groups excluding carboxylic acids is 1. The average Bonchev–Trinajstić information content (AvgIpc) is 2.68. The van der Waals surface area contributed by atoms with Gasteiger partial charge in [-0.05, 0) is 37.8 Å². The molecule has 27 heavy (non-hydrogen) atoms. The molecule has 0 aliphatic rings. The van der Waals surface area contributed by atoms with Crippen molar-refractivity contribution < 1.29 is 19.1 Å². The second-order valence-corrected chi connectivity index (χ2v) is 7.69. The molecule has 1 aromatic carbocycles. The number of aromatic carboxylic acids is 1. The van der Waals surface area contributed by atoms with E-state index in [1.54, 1.807) is 18.2 Å². The number of nitrogens with zero attached hydrogens (tertiary/aromatic N) is 1. The third-order valence-corrected chi connectivity index (χ3v) is 5.40. The number of quaternary nitrogens is 1. The number of carbonyl (C=O) groups is 1. The van der Waals surface area contributed by atoms with E-state index in [0.717, 1.165) is 17.4 Å². The Kier molecular flexibility index (Phi) is 11.1. The molecule has 0 fully saturated rings. The number of hydrogen-bond donors (Lipinski definition) is 0. The molecule has 4 nitrogen and oxygen atoms in total. The van der Waals surface area contributed by atoms with Crippen molar-refractivity contribution in [2.45, 2.75) is 78.7 Å². The van der Waals surface area contributed by atoms with Crippen LogP contribution in [0.25, 0.3) is 0 Å². The predicted octanol–water partition coefficient (Wildman–Crippen LogP) is 4.42. The SMILES string of the molecule is CCCC[N+](CCCC)(CCCC)CC(CC)Oc1ccccc1C(=O)[O-]. The van der Waals surface area contributed by atoms with Crippen LogP contribution < -0.4 is 9.84 Å². The Morgan fingerprint density at radius 2 is 1.48 bits per heavy atom. The molecule has 0 radical (unpaired) electrons. The number of para-hydroxylation sites is 1. The van der Waals surface area contributed by atoms with Crippen LogP contribution in [-0.2, 0) is 0 Å². The molecule has 0 heterocycles. The molecule has 0 amide bonds. The van der Waals surface area contributed by atoms with Crippen molar-refractivity contribution in [3.63, 3.8) is 0 Å². The molecule has 0 N–H and O–H groups in total. The molecule has 0 aromatic heterocycles. The molecule has 0 saturated heterocycles. The minimum Gasteiger partial charge on any atom is -0.545 e. The van der Waals surface area contributed by atoms with Crippen LogP contribution in [0.2, 0.25) is 0 Å². The van der Waals surface area contributed by atoms with Crippen molar-refractivity contribution in [1.29, 1.82) is 0 Å². The Bertz CT molecular complexity index is 522. The summed E-state index contributed by atoms with van der Waals surface area (Å²) in [6, 6.07) is 6.84. The van der Waals surface area contributed by atoms with Crippen molar-refractivity contribution in [2.24, 2.45) is 0 Å². The Hall–Kier alpha value is -1.55. The highest BCUT2D eigenvalue weighted by atomic mass is 16.5. The van der Waals surface area contributed by atoms with Crippen LogP contribution in [0.4, 0.5) is 0 Å². The number of ether oxygens (including phenoxy) is 1. The lowest BCUT2D eigenvalue weighted by Gasteiger charge is -2.41. The zero-order valence-electron chi connectivity index (χ0n) is 17.8. The molecule has 1 rings (SSSR count). The summed E-state index contributed by atoms with van der Waals surface area (Å²) in [5, 5.41) is 11.4. The maximum atomic E-state index is 11.4. The quantitative estimate of drug-likeness (QED) is 0.425. The zero-order chi connectivity index (χ0) is 20.1. The fourth-order valence-electron chi connectivity index (χ4n) is 3.69. The van der Waals surface area contributed by atoms with Gasteiger partial charge in [0.15, 0.2) is 0 Å². The summed E-state index contributed by atoms with van der Waals surface area (Å²) in [5.74, 6) is -0.743. The van der Waals surface area contributed by atoms with Gasteiger partial charge < -0.3 is 19.1 Å². The topological polar surface area (TPSA) is 49.4 Å². The number of benzene rings is 1. The lowest BCUT2D eigenvalue weighted by atomic mass is 10.1. The molecule has 1 unspecified atom stereocenters. The van der Waals surface area contributed by atoms with Crippen LogP contribution in [-0.4, -0.2) is 42.7 Å². The largest absolute Gasteiger partial charge is 0.545 e. The molecule has 0 spiro atoms. The van der Waals surface area contributed by atoms with E-state index in [1.165, 1.54) is 58.2 Å².